The van der Waals surface area contributed by atoms with Crippen molar-refractivity contribution in [3.63, 3.8) is 0 Å². The fourth-order valence-electron chi connectivity index (χ4n) is 10.1. The Labute approximate surface area is 194 Å². The van der Waals surface area contributed by atoms with E-state index in [-0.39, 0.29) is 6.10 Å². The molecule has 4 aliphatic rings. The molecule has 4 aliphatic carbocycles. The van der Waals surface area contributed by atoms with Gasteiger partial charge in [-0.25, -0.2) is 0 Å². The van der Waals surface area contributed by atoms with Gasteiger partial charge in [0.15, 0.2) is 0 Å². The number of aliphatic hydroxyl groups excluding tert-OH is 1. The van der Waals surface area contributed by atoms with Crippen LogP contribution in [-0.4, -0.2) is 11.2 Å². The van der Waals surface area contributed by atoms with Crippen molar-refractivity contribution in [2.45, 2.75) is 131 Å². The lowest BCUT2D eigenvalue weighted by Crippen LogP contribution is -2.53. The van der Waals surface area contributed by atoms with Gasteiger partial charge in [-0.2, -0.15) is 0 Å². The molecule has 0 amide bonds. The average molecular weight is 431 g/mol. The zero-order chi connectivity index (χ0) is 22.4. The van der Waals surface area contributed by atoms with E-state index in [1.54, 1.807) is 12.8 Å². The minimum atomic E-state index is -0.150. The predicted molar refractivity (Wildman–Crippen MR) is 133 cm³/mol. The second kappa shape index (κ2) is 9.31. The topological polar surface area (TPSA) is 20.2 Å². The molecule has 0 bridgehead atoms. The molecular weight excluding hydrogens is 376 g/mol. The minimum absolute atomic E-state index is 0.150. The number of hydrogen-bond acceptors (Lipinski definition) is 1. The number of aliphatic hydroxyl groups is 1. The molecule has 4 saturated carbocycles. The van der Waals surface area contributed by atoms with E-state index in [1.807, 2.05) is 6.92 Å². The number of fused-ring (bicyclic) bond motifs is 5. The van der Waals surface area contributed by atoms with Crippen LogP contribution in [0.2, 0.25) is 0 Å². The van der Waals surface area contributed by atoms with Crippen molar-refractivity contribution in [3.05, 3.63) is 0 Å². The Morgan fingerprint density at radius 3 is 2.23 bits per heavy atom. The molecule has 10 atom stereocenters. The van der Waals surface area contributed by atoms with Crippen LogP contribution in [0.15, 0.2) is 0 Å². The van der Waals surface area contributed by atoms with Gasteiger partial charge in [0.1, 0.15) is 0 Å². The highest BCUT2D eigenvalue weighted by Crippen LogP contribution is 2.68. The van der Waals surface area contributed by atoms with Crippen molar-refractivity contribution >= 4 is 0 Å². The van der Waals surface area contributed by atoms with Gasteiger partial charge in [-0.3, -0.25) is 0 Å². The Balaban J connectivity index is 1.42. The van der Waals surface area contributed by atoms with Gasteiger partial charge in [0, 0.05) is 0 Å². The van der Waals surface area contributed by atoms with Crippen LogP contribution < -0.4 is 0 Å². The lowest BCUT2D eigenvalue weighted by molar-refractivity contribution is -0.114. The van der Waals surface area contributed by atoms with Crippen LogP contribution in [0.4, 0.5) is 0 Å². The highest BCUT2D eigenvalue weighted by molar-refractivity contribution is 5.09. The van der Waals surface area contributed by atoms with E-state index < -0.39 is 0 Å². The second-order valence-corrected chi connectivity index (χ2v) is 13.8. The molecule has 1 nitrogen and oxygen atoms in total. The summed E-state index contributed by atoms with van der Waals surface area (Å²) in [6.45, 7) is 14.7. The maximum Gasteiger partial charge on any atom is 0.0514 e. The quantitative estimate of drug-likeness (QED) is 0.429. The summed E-state index contributed by atoms with van der Waals surface area (Å²) in [4.78, 5) is 0. The first kappa shape index (κ1) is 24.1. The first-order valence-corrected chi connectivity index (χ1v) is 14.3. The summed E-state index contributed by atoms with van der Waals surface area (Å²) >= 11 is 0. The Morgan fingerprint density at radius 2 is 1.52 bits per heavy atom. The van der Waals surface area contributed by atoms with E-state index in [0.29, 0.717) is 22.7 Å². The summed E-state index contributed by atoms with van der Waals surface area (Å²) in [5, 5.41) is 9.96. The number of hydrogen-bond donors (Lipinski definition) is 1. The van der Waals surface area contributed by atoms with Crippen molar-refractivity contribution in [2.24, 2.45) is 58.2 Å². The Morgan fingerprint density at radius 1 is 0.774 bits per heavy atom. The highest BCUT2D eigenvalue weighted by atomic mass is 16.3. The van der Waals surface area contributed by atoms with E-state index in [2.05, 4.69) is 34.6 Å². The van der Waals surface area contributed by atoms with Crippen molar-refractivity contribution in [1.29, 1.82) is 0 Å². The normalized spacial score (nSPS) is 45.5. The molecule has 180 valence electrons. The minimum Gasteiger partial charge on any atom is -0.393 e. The zero-order valence-electron chi connectivity index (χ0n) is 21.8. The molecule has 0 aromatic rings. The van der Waals surface area contributed by atoms with Gasteiger partial charge >= 0.3 is 0 Å². The van der Waals surface area contributed by atoms with Crippen LogP contribution in [0.1, 0.15) is 125 Å². The molecule has 1 N–H and O–H groups in total. The maximum absolute atomic E-state index is 9.96. The highest BCUT2D eigenvalue weighted by Gasteiger charge is 2.60. The van der Waals surface area contributed by atoms with Gasteiger partial charge in [0.05, 0.1) is 6.10 Å². The summed E-state index contributed by atoms with van der Waals surface area (Å²) in [5.41, 5.74) is 1.29. The van der Waals surface area contributed by atoms with Gasteiger partial charge in [-0.1, -0.05) is 53.9 Å². The molecule has 0 aromatic heterocycles. The smallest absolute Gasteiger partial charge is 0.0514 e. The van der Waals surface area contributed by atoms with Gasteiger partial charge in [-0.15, -0.1) is 0 Å². The van der Waals surface area contributed by atoms with Crippen molar-refractivity contribution in [2.75, 3.05) is 0 Å². The summed E-state index contributed by atoms with van der Waals surface area (Å²) in [6, 6.07) is 0. The van der Waals surface area contributed by atoms with Crippen LogP contribution in [0.25, 0.3) is 0 Å². The number of rotatable bonds is 7. The summed E-state index contributed by atoms with van der Waals surface area (Å²) in [6.07, 6.45) is 18.7. The van der Waals surface area contributed by atoms with E-state index in [9.17, 15) is 5.11 Å². The first-order chi connectivity index (χ1) is 14.7. The molecule has 1 heteroatoms. The van der Waals surface area contributed by atoms with Gasteiger partial charge in [-0.05, 0) is 129 Å². The van der Waals surface area contributed by atoms with Gasteiger partial charge in [0.2, 0.25) is 0 Å². The van der Waals surface area contributed by atoms with E-state index >= 15 is 0 Å². The van der Waals surface area contributed by atoms with Crippen LogP contribution in [0, 0.1) is 58.2 Å². The molecular formula is C30H54O. The van der Waals surface area contributed by atoms with Crippen molar-refractivity contribution in [1.82, 2.24) is 0 Å². The molecule has 4 fully saturated rings. The Kier molecular flexibility index (Phi) is 7.23. The fourth-order valence-corrected chi connectivity index (χ4v) is 10.1. The van der Waals surface area contributed by atoms with Crippen LogP contribution in [0.3, 0.4) is 0 Å². The first-order valence-electron chi connectivity index (χ1n) is 14.3. The molecule has 4 rings (SSSR count). The largest absolute Gasteiger partial charge is 0.393 e. The lowest BCUT2D eigenvalue weighted by atomic mass is 9.44. The van der Waals surface area contributed by atoms with Crippen molar-refractivity contribution < 1.29 is 5.11 Å². The van der Waals surface area contributed by atoms with Crippen molar-refractivity contribution in [3.8, 4) is 0 Å². The average Bonchev–Trinajstić information content (AvgIpc) is 3.07. The fraction of sp³-hybridized carbons (Fsp3) is 1.00. The molecule has 0 spiro atoms. The molecule has 0 aliphatic heterocycles. The van der Waals surface area contributed by atoms with Gasteiger partial charge < -0.3 is 5.11 Å². The molecule has 31 heavy (non-hydrogen) atoms. The summed E-state index contributed by atoms with van der Waals surface area (Å²) in [5.74, 6) is 7.30. The summed E-state index contributed by atoms with van der Waals surface area (Å²) in [7, 11) is 0. The SMILES string of the molecule is CC(O)C[C@H](CC[C@@H](C)[C@H]1CC[C@H]2[C@@H]3CCC4CCCC[C@]4(C)[C@H]3CC[C@]12C)C(C)C. The van der Waals surface area contributed by atoms with Crippen LogP contribution >= 0.6 is 0 Å². The third-order valence-electron chi connectivity index (χ3n) is 11.9. The third-order valence-corrected chi connectivity index (χ3v) is 11.9. The molecule has 2 unspecified atom stereocenters. The molecule has 0 heterocycles. The van der Waals surface area contributed by atoms with E-state index in [4.69, 9.17) is 0 Å². The van der Waals surface area contributed by atoms with Gasteiger partial charge in [0.25, 0.3) is 0 Å². The Bertz CT molecular complexity index is 595. The third kappa shape index (κ3) is 4.40. The molecule has 0 aromatic carbocycles. The standard InChI is InChI=1S/C30H54O/c1-20(2)23(19-22(4)31)11-10-21(3)26-14-15-27-25-13-12-24-9-7-8-17-29(24,5)28(25)16-18-30(26,27)6/h20-28,31H,7-19H2,1-6H3/t21-,22?,23+,24?,25+,26-,27+,28+,29+,30-/m1/s1. The van der Waals surface area contributed by atoms with Crippen LogP contribution in [0.5, 0.6) is 0 Å². The monoisotopic (exact) mass is 430 g/mol. The van der Waals surface area contributed by atoms with E-state index in [1.165, 1.54) is 64.2 Å². The van der Waals surface area contributed by atoms with Crippen LogP contribution in [-0.2, 0) is 0 Å². The zero-order valence-corrected chi connectivity index (χ0v) is 21.8. The van der Waals surface area contributed by atoms with E-state index in [0.717, 1.165) is 41.9 Å². The predicted octanol–water partition coefficient (Wildman–Crippen LogP) is 8.49. The summed E-state index contributed by atoms with van der Waals surface area (Å²) < 4.78 is 0. The lowest BCUT2D eigenvalue weighted by Gasteiger charge is -2.61. The second-order valence-electron chi connectivity index (χ2n) is 13.8. The maximum atomic E-state index is 9.96. The Hall–Kier alpha value is -0.0400. The molecule has 0 radical (unpaired) electrons. The molecule has 0 saturated heterocycles.